The summed E-state index contributed by atoms with van der Waals surface area (Å²) in [5.41, 5.74) is 5.70. The average Bonchev–Trinajstić information content (AvgIpc) is 3.39. The number of hydrogen-bond acceptors (Lipinski definition) is 4. The summed E-state index contributed by atoms with van der Waals surface area (Å²) >= 11 is 6.60. The molecule has 5 aromatic rings. The molecule has 1 amide bonds. The van der Waals surface area contributed by atoms with Crippen molar-refractivity contribution in [2.45, 2.75) is 52.3 Å². The molecular formula is C38H43ClN4O2. The molecule has 1 fully saturated rings. The molecule has 1 aliphatic heterocycles. The molecule has 4 aromatic carbocycles. The first-order chi connectivity index (χ1) is 22.0. The van der Waals surface area contributed by atoms with Crippen molar-refractivity contribution >= 4 is 45.0 Å². The van der Waals surface area contributed by atoms with Crippen LogP contribution in [0.4, 0.5) is 5.69 Å². The highest BCUT2D eigenvalue weighted by Crippen LogP contribution is 2.31. The molecule has 1 aliphatic rings. The molecule has 7 heteroatoms. The molecule has 2 heterocycles. The normalized spacial score (nSPS) is 14.2. The maximum Gasteiger partial charge on any atom is 0.251 e. The van der Waals surface area contributed by atoms with E-state index in [0.717, 1.165) is 58.5 Å². The van der Waals surface area contributed by atoms with E-state index in [1.54, 1.807) is 12.1 Å². The number of piperidine rings is 1. The first kappa shape index (κ1) is 31.0. The van der Waals surface area contributed by atoms with Crippen LogP contribution in [-0.2, 0) is 13.1 Å². The minimum atomic E-state index is -0.114. The number of para-hydroxylation sites is 2. The summed E-state index contributed by atoms with van der Waals surface area (Å²) in [4.78, 5) is 17.6. The van der Waals surface area contributed by atoms with Crippen LogP contribution in [-0.4, -0.2) is 54.2 Å². The van der Waals surface area contributed by atoms with Gasteiger partial charge in [0.2, 0.25) is 0 Å². The van der Waals surface area contributed by atoms with Crippen LogP contribution in [0.25, 0.3) is 21.8 Å². The van der Waals surface area contributed by atoms with E-state index in [0.29, 0.717) is 22.9 Å². The Morgan fingerprint density at radius 1 is 0.911 bits per heavy atom. The van der Waals surface area contributed by atoms with Crippen LogP contribution in [0, 0.1) is 0 Å². The van der Waals surface area contributed by atoms with E-state index in [9.17, 15) is 4.79 Å². The van der Waals surface area contributed by atoms with Crippen LogP contribution in [0.3, 0.4) is 0 Å². The van der Waals surface area contributed by atoms with Gasteiger partial charge in [-0.05, 0) is 87.2 Å². The number of anilines is 1. The summed E-state index contributed by atoms with van der Waals surface area (Å²) in [6, 6.07) is 31.3. The van der Waals surface area contributed by atoms with Gasteiger partial charge in [0, 0.05) is 78.9 Å². The lowest BCUT2D eigenvalue weighted by Gasteiger charge is -2.32. The molecule has 234 valence electrons. The van der Waals surface area contributed by atoms with Gasteiger partial charge in [-0.25, -0.2) is 0 Å². The first-order valence-electron chi connectivity index (χ1n) is 16.3. The van der Waals surface area contributed by atoms with Gasteiger partial charge < -0.3 is 19.5 Å². The third kappa shape index (κ3) is 7.13. The summed E-state index contributed by atoms with van der Waals surface area (Å²) in [5, 5.41) is 6.17. The number of carbonyl (C=O) groups excluding carboxylic acids is 1. The summed E-state index contributed by atoms with van der Waals surface area (Å²) in [7, 11) is 0. The summed E-state index contributed by atoms with van der Waals surface area (Å²) < 4.78 is 8.72. The third-order valence-corrected chi connectivity index (χ3v) is 9.27. The van der Waals surface area contributed by atoms with Gasteiger partial charge in [0.15, 0.2) is 0 Å². The number of carbonyl (C=O) groups is 1. The fourth-order valence-electron chi connectivity index (χ4n) is 6.58. The van der Waals surface area contributed by atoms with E-state index in [1.165, 1.54) is 33.1 Å². The minimum Gasteiger partial charge on any atom is -0.489 e. The van der Waals surface area contributed by atoms with Crippen molar-refractivity contribution in [3.05, 3.63) is 107 Å². The SMILES string of the molecule is CCN(CCCNC(=O)c1ccc(OC2CCN(Cc3ccc4c(c3)c3ccccc3n4CC)CC2)c(Cl)c1)c1ccccc1. The van der Waals surface area contributed by atoms with Gasteiger partial charge >= 0.3 is 0 Å². The maximum absolute atomic E-state index is 12.8. The van der Waals surface area contributed by atoms with Gasteiger partial charge in [-0.15, -0.1) is 0 Å². The monoisotopic (exact) mass is 622 g/mol. The Morgan fingerprint density at radius 3 is 2.42 bits per heavy atom. The van der Waals surface area contributed by atoms with Crippen molar-refractivity contribution in [2.75, 3.05) is 37.6 Å². The molecule has 6 rings (SSSR count). The largest absolute Gasteiger partial charge is 0.489 e. The maximum atomic E-state index is 12.8. The van der Waals surface area contributed by atoms with Crippen LogP contribution in [0.1, 0.15) is 49.0 Å². The zero-order chi connectivity index (χ0) is 31.2. The number of benzene rings is 4. The van der Waals surface area contributed by atoms with E-state index in [1.807, 2.05) is 12.1 Å². The Morgan fingerprint density at radius 2 is 1.67 bits per heavy atom. The van der Waals surface area contributed by atoms with E-state index in [2.05, 4.69) is 100 Å². The molecular weight excluding hydrogens is 580 g/mol. The molecule has 0 radical (unpaired) electrons. The molecule has 0 atom stereocenters. The number of aryl methyl sites for hydroxylation is 1. The molecule has 1 saturated heterocycles. The summed E-state index contributed by atoms with van der Waals surface area (Å²) in [5.74, 6) is 0.530. The number of amides is 1. The van der Waals surface area contributed by atoms with Gasteiger partial charge in [0.05, 0.1) is 5.02 Å². The standard InChI is InChI=1S/C38H43ClN4O2/c1-3-42(30-11-6-5-7-12-30)22-10-21-40-38(44)29-16-18-37(34(39)26-29)45-31-19-23-41(24-20-31)27-28-15-17-36-33(25-28)32-13-8-9-14-35(32)43(36)4-2/h5-9,11-18,25-26,31H,3-4,10,19-24,27H2,1-2H3,(H,40,44). The van der Waals surface area contributed by atoms with Crippen LogP contribution < -0.4 is 15.0 Å². The molecule has 0 saturated carbocycles. The second-order valence-corrected chi connectivity index (χ2v) is 12.3. The number of nitrogens with one attached hydrogen (secondary N) is 1. The topological polar surface area (TPSA) is 49.7 Å². The highest BCUT2D eigenvalue weighted by molar-refractivity contribution is 6.32. The molecule has 0 spiro atoms. The Balaban J connectivity index is 0.976. The Kier molecular flexibility index (Phi) is 9.92. The predicted octanol–water partition coefficient (Wildman–Crippen LogP) is 8.16. The van der Waals surface area contributed by atoms with Crippen molar-refractivity contribution < 1.29 is 9.53 Å². The lowest BCUT2D eigenvalue weighted by Crippen LogP contribution is -2.37. The van der Waals surface area contributed by atoms with Crippen LogP contribution in [0.2, 0.25) is 5.02 Å². The zero-order valence-corrected chi connectivity index (χ0v) is 27.1. The Bertz CT molecular complexity index is 1740. The molecule has 1 aromatic heterocycles. The van der Waals surface area contributed by atoms with Crippen molar-refractivity contribution in [1.82, 2.24) is 14.8 Å². The van der Waals surface area contributed by atoms with Crippen molar-refractivity contribution in [1.29, 1.82) is 0 Å². The van der Waals surface area contributed by atoms with Crippen molar-refractivity contribution in [2.24, 2.45) is 0 Å². The highest BCUT2D eigenvalue weighted by atomic mass is 35.5. The molecule has 0 aliphatic carbocycles. The molecule has 0 unspecified atom stereocenters. The Labute approximate surface area is 271 Å². The van der Waals surface area contributed by atoms with E-state index >= 15 is 0 Å². The number of nitrogens with zero attached hydrogens (tertiary/aromatic N) is 3. The first-order valence-corrected chi connectivity index (χ1v) is 16.7. The summed E-state index contributed by atoms with van der Waals surface area (Å²) in [6.07, 6.45) is 2.84. The summed E-state index contributed by atoms with van der Waals surface area (Å²) in [6.45, 7) is 10.6. The quantitative estimate of drug-likeness (QED) is 0.143. The average molecular weight is 623 g/mol. The van der Waals surface area contributed by atoms with Crippen LogP contribution >= 0.6 is 11.6 Å². The van der Waals surface area contributed by atoms with E-state index < -0.39 is 0 Å². The lowest BCUT2D eigenvalue weighted by molar-refractivity contribution is 0.0950. The van der Waals surface area contributed by atoms with Gasteiger partial charge in [-0.2, -0.15) is 0 Å². The van der Waals surface area contributed by atoms with Crippen LogP contribution in [0.5, 0.6) is 5.75 Å². The number of fused-ring (bicyclic) bond motifs is 3. The number of halogens is 1. The van der Waals surface area contributed by atoms with Crippen LogP contribution in [0.15, 0.2) is 91.0 Å². The lowest BCUT2D eigenvalue weighted by atomic mass is 10.1. The highest BCUT2D eigenvalue weighted by Gasteiger charge is 2.22. The van der Waals surface area contributed by atoms with Gasteiger partial charge in [-0.1, -0.05) is 54.1 Å². The minimum absolute atomic E-state index is 0.106. The Hall–Kier alpha value is -4.00. The predicted molar refractivity (Wildman–Crippen MR) is 187 cm³/mol. The second kappa shape index (κ2) is 14.4. The zero-order valence-electron chi connectivity index (χ0n) is 26.3. The smallest absolute Gasteiger partial charge is 0.251 e. The molecule has 6 nitrogen and oxygen atoms in total. The molecule has 0 bridgehead atoms. The second-order valence-electron chi connectivity index (χ2n) is 11.9. The molecule has 1 N–H and O–H groups in total. The van der Waals surface area contributed by atoms with Crippen molar-refractivity contribution in [3.8, 4) is 5.75 Å². The van der Waals surface area contributed by atoms with E-state index in [4.69, 9.17) is 16.3 Å². The number of likely N-dealkylation sites (tertiary alicyclic amines) is 1. The number of rotatable bonds is 12. The number of aromatic nitrogens is 1. The fourth-order valence-corrected chi connectivity index (χ4v) is 6.81. The van der Waals surface area contributed by atoms with Crippen molar-refractivity contribution in [3.63, 3.8) is 0 Å². The number of hydrogen-bond donors (Lipinski definition) is 1. The van der Waals surface area contributed by atoms with Gasteiger partial charge in [-0.3, -0.25) is 9.69 Å². The van der Waals surface area contributed by atoms with Gasteiger partial charge in [0.1, 0.15) is 11.9 Å². The fraction of sp³-hybridized carbons (Fsp3) is 0.342. The third-order valence-electron chi connectivity index (χ3n) is 8.97. The van der Waals surface area contributed by atoms with E-state index in [-0.39, 0.29) is 12.0 Å². The number of ether oxygens (including phenoxy) is 1. The molecule has 45 heavy (non-hydrogen) atoms. The van der Waals surface area contributed by atoms with Gasteiger partial charge in [0.25, 0.3) is 5.91 Å².